The largest absolute Gasteiger partial charge is 0.456 e. The third-order valence-corrected chi connectivity index (χ3v) is 6.29. The average Bonchev–Trinajstić information content (AvgIpc) is 3.38. The summed E-state index contributed by atoms with van der Waals surface area (Å²) in [7, 11) is 1.94. The highest BCUT2D eigenvalue weighted by Gasteiger charge is 2.46. The van der Waals surface area contributed by atoms with Crippen molar-refractivity contribution in [2.45, 2.75) is 32.1 Å². The number of carbonyl (C=O) groups is 1. The zero-order valence-corrected chi connectivity index (χ0v) is 17.1. The Bertz CT molecular complexity index is 1090. The van der Waals surface area contributed by atoms with Gasteiger partial charge in [0.1, 0.15) is 5.76 Å². The van der Waals surface area contributed by atoms with E-state index < -0.39 is 0 Å². The van der Waals surface area contributed by atoms with Crippen LogP contribution < -0.4 is 4.90 Å². The monoisotopic (exact) mass is 391 g/mol. The average molecular weight is 391 g/mol. The lowest BCUT2D eigenvalue weighted by Gasteiger charge is -2.34. The predicted molar refractivity (Wildman–Crippen MR) is 110 cm³/mol. The standard InChI is InChI=1S/C23H25N3O3/c1-15-4-7-21(29-15)22(27)26-14-23(8-10-28-11-9-23)19-12-17(5-6-20(19)26)18-13-25(3)24-16(18)2/h4-7,12-13H,8-11,14H2,1-3H3. The summed E-state index contributed by atoms with van der Waals surface area (Å²) in [5.41, 5.74) is 5.42. The zero-order valence-electron chi connectivity index (χ0n) is 17.1. The summed E-state index contributed by atoms with van der Waals surface area (Å²) in [6, 6.07) is 10.0. The van der Waals surface area contributed by atoms with Crippen molar-refractivity contribution in [1.82, 2.24) is 9.78 Å². The Kier molecular flexibility index (Phi) is 4.13. The van der Waals surface area contributed by atoms with Gasteiger partial charge >= 0.3 is 0 Å². The molecule has 0 radical (unpaired) electrons. The molecule has 1 aromatic carbocycles. The van der Waals surface area contributed by atoms with E-state index in [2.05, 4.69) is 29.5 Å². The molecule has 6 heteroatoms. The van der Waals surface area contributed by atoms with Crippen molar-refractivity contribution < 1.29 is 13.9 Å². The van der Waals surface area contributed by atoms with Crippen molar-refractivity contribution in [3.05, 3.63) is 59.3 Å². The van der Waals surface area contributed by atoms with E-state index in [0.29, 0.717) is 12.3 Å². The van der Waals surface area contributed by atoms with Gasteiger partial charge in [-0.05, 0) is 62.1 Å². The van der Waals surface area contributed by atoms with Gasteiger partial charge in [0.2, 0.25) is 0 Å². The molecule has 3 aromatic rings. The molecule has 6 nitrogen and oxygen atoms in total. The van der Waals surface area contributed by atoms with Crippen LogP contribution in [0.4, 0.5) is 5.69 Å². The SMILES string of the molecule is Cc1ccc(C(=O)N2CC3(CCOCC3)c3cc(-c4cn(C)nc4C)ccc32)o1. The number of amides is 1. The summed E-state index contributed by atoms with van der Waals surface area (Å²) in [6.07, 6.45) is 3.88. The van der Waals surface area contributed by atoms with E-state index in [0.717, 1.165) is 54.3 Å². The summed E-state index contributed by atoms with van der Waals surface area (Å²) in [5, 5.41) is 4.49. The molecule has 1 amide bonds. The van der Waals surface area contributed by atoms with E-state index in [9.17, 15) is 4.79 Å². The van der Waals surface area contributed by atoms with Gasteiger partial charge in [0.25, 0.3) is 5.91 Å². The zero-order chi connectivity index (χ0) is 20.2. The van der Waals surface area contributed by atoms with E-state index in [1.807, 2.05) is 36.5 Å². The Labute approximate surface area is 170 Å². The number of rotatable bonds is 2. The molecule has 0 bridgehead atoms. The predicted octanol–water partition coefficient (Wildman–Crippen LogP) is 4.01. The van der Waals surface area contributed by atoms with Crippen LogP contribution in [0.1, 0.15) is 40.4 Å². The van der Waals surface area contributed by atoms with Gasteiger partial charge in [0, 0.05) is 49.7 Å². The summed E-state index contributed by atoms with van der Waals surface area (Å²) in [5.74, 6) is 1.06. The van der Waals surface area contributed by atoms with Crippen LogP contribution in [-0.2, 0) is 17.2 Å². The molecule has 4 heterocycles. The molecule has 1 fully saturated rings. The molecular weight excluding hydrogens is 366 g/mol. The molecule has 0 unspecified atom stereocenters. The number of aromatic nitrogens is 2. The summed E-state index contributed by atoms with van der Waals surface area (Å²) < 4.78 is 13.1. The molecule has 1 saturated heterocycles. The first-order chi connectivity index (χ1) is 14.0. The Morgan fingerprint density at radius 3 is 2.59 bits per heavy atom. The molecule has 2 aliphatic rings. The van der Waals surface area contributed by atoms with Crippen molar-refractivity contribution in [2.75, 3.05) is 24.7 Å². The first kappa shape index (κ1) is 18.2. The lowest BCUT2D eigenvalue weighted by molar-refractivity contribution is 0.0546. The highest BCUT2D eigenvalue weighted by molar-refractivity contribution is 6.06. The third kappa shape index (κ3) is 2.90. The van der Waals surface area contributed by atoms with Gasteiger partial charge in [-0.25, -0.2) is 0 Å². The summed E-state index contributed by atoms with van der Waals surface area (Å²) in [4.78, 5) is 15.1. The Hall–Kier alpha value is -2.86. The molecule has 150 valence electrons. The van der Waals surface area contributed by atoms with Crippen LogP contribution in [0.2, 0.25) is 0 Å². The lowest BCUT2D eigenvalue weighted by Crippen LogP contribution is -2.40. The van der Waals surface area contributed by atoms with Crippen LogP contribution in [0.15, 0.2) is 40.9 Å². The normalized spacial score (nSPS) is 17.7. The number of hydrogen-bond donors (Lipinski definition) is 0. The van der Waals surface area contributed by atoms with E-state index in [1.165, 1.54) is 5.56 Å². The van der Waals surface area contributed by atoms with Crippen LogP contribution >= 0.6 is 0 Å². The first-order valence-corrected chi connectivity index (χ1v) is 10.1. The van der Waals surface area contributed by atoms with Crippen molar-refractivity contribution >= 4 is 11.6 Å². The fourth-order valence-electron chi connectivity index (χ4n) is 4.77. The summed E-state index contributed by atoms with van der Waals surface area (Å²) in [6.45, 7) is 5.99. The minimum Gasteiger partial charge on any atom is -0.456 e. The van der Waals surface area contributed by atoms with Gasteiger partial charge in [-0.2, -0.15) is 5.10 Å². The topological polar surface area (TPSA) is 60.5 Å². The second kappa shape index (κ2) is 6.59. The second-order valence-corrected chi connectivity index (χ2v) is 8.23. The molecule has 0 saturated carbocycles. The maximum Gasteiger partial charge on any atom is 0.294 e. The molecule has 5 rings (SSSR count). The number of ether oxygens (including phenoxy) is 1. The highest BCUT2D eigenvalue weighted by Crippen LogP contribution is 2.48. The fraction of sp³-hybridized carbons (Fsp3) is 0.391. The number of anilines is 1. The van der Waals surface area contributed by atoms with E-state index in [4.69, 9.17) is 9.15 Å². The lowest BCUT2D eigenvalue weighted by atomic mass is 9.75. The smallest absolute Gasteiger partial charge is 0.294 e. The molecule has 29 heavy (non-hydrogen) atoms. The van der Waals surface area contributed by atoms with E-state index in [1.54, 1.807) is 6.07 Å². The number of aryl methyl sites for hydroxylation is 3. The number of hydrogen-bond acceptors (Lipinski definition) is 4. The van der Waals surface area contributed by atoms with Crippen LogP contribution in [-0.4, -0.2) is 35.4 Å². The van der Waals surface area contributed by atoms with Crippen LogP contribution in [0.25, 0.3) is 11.1 Å². The van der Waals surface area contributed by atoms with Crippen molar-refractivity contribution in [3.63, 3.8) is 0 Å². The fourth-order valence-corrected chi connectivity index (χ4v) is 4.77. The molecule has 2 aliphatic heterocycles. The number of benzene rings is 1. The van der Waals surface area contributed by atoms with Gasteiger partial charge in [-0.3, -0.25) is 9.48 Å². The summed E-state index contributed by atoms with van der Waals surface area (Å²) >= 11 is 0. The van der Waals surface area contributed by atoms with Crippen LogP contribution in [0.5, 0.6) is 0 Å². The minimum atomic E-state index is -0.0759. The van der Waals surface area contributed by atoms with Crippen molar-refractivity contribution in [1.29, 1.82) is 0 Å². The molecule has 0 aliphatic carbocycles. The Balaban J connectivity index is 1.61. The molecule has 0 N–H and O–H groups in total. The van der Waals surface area contributed by atoms with Crippen molar-refractivity contribution in [3.8, 4) is 11.1 Å². The van der Waals surface area contributed by atoms with Gasteiger partial charge < -0.3 is 14.1 Å². The number of nitrogens with zero attached hydrogens (tertiary/aromatic N) is 3. The number of furan rings is 1. The highest BCUT2D eigenvalue weighted by atomic mass is 16.5. The number of fused-ring (bicyclic) bond motifs is 2. The molecular formula is C23H25N3O3. The van der Waals surface area contributed by atoms with Gasteiger partial charge in [-0.15, -0.1) is 0 Å². The van der Waals surface area contributed by atoms with Gasteiger partial charge in [0.05, 0.1) is 5.69 Å². The first-order valence-electron chi connectivity index (χ1n) is 10.1. The van der Waals surface area contributed by atoms with Crippen LogP contribution in [0, 0.1) is 13.8 Å². The molecule has 0 atom stereocenters. The van der Waals surface area contributed by atoms with E-state index in [-0.39, 0.29) is 11.3 Å². The molecule has 2 aromatic heterocycles. The Morgan fingerprint density at radius 1 is 1.14 bits per heavy atom. The van der Waals surface area contributed by atoms with E-state index >= 15 is 0 Å². The number of carbonyl (C=O) groups excluding carboxylic acids is 1. The van der Waals surface area contributed by atoms with Crippen LogP contribution in [0.3, 0.4) is 0 Å². The third-order valence-electron chi connectivity index (χ3n) is 6.29. The maximum atomic E-state index is 13.2. The van der Waals surface area contributed by atoms with Crippen molar-refractivity contribution in [2.24, 2.45) is 7.05 Å². The molecule has 1 spiro atoms. The quantitative estimate of drug-likeness (QED) is 0.662. The second-order valence-electron chi connectivity index (χ2n) is 8.23. The minimum absolute atomic E-state index is 0.0724. The van der Waals surface area contributed by atoms with Gasteiger partial charge in [0.15, 0.2) is 5.76 Å². The maximum absolute atomic E-state index is 13.2. The Morgan fingerprint density at radius 2 is 1.93 bits per heavy atom. The van der Waals surface area contributed by atoms with Gasteiger partial charge in [-0.1, -0.05) is 6.07 Å².